The number of piperidine rings is 1. The van der Waals surface area contributed by atoms with Gasteiger partial charge in [-0.3, -0.25) is 9.69 Å². The molecule has 0 aliphatic carbocycles. The van der Waals surface area contributed by atoms with E-state index in [0.29, 0.717) is 11.7 Å². The van der Waals surface area contributed by atoms with Gasteiger partial charge < -0.3 is 9.84 Å². The van der Waals surface area contributed by atoms with Gasteiger partial charge in [0.2, 0.25) is 17.6 Å². The van der Waals surface area contributed by atoms with Crippen molar-refractivity contribution in [3.63, 3.8) is 0 Å². The Morgan fingerprint density at radius 1 is 1.20 bits per heavy atom. The quantitative estimate of drug-likeness (QED) is 0.641. The van der Waals surface area contributed by atoms with E-state index in [9.17, 15) is 4.79 Å². The van der Waals surface area contributed by atoms with E-state index in [-0.39, 0.29) is 18.4 Å². The first-order valence-electron chi connectivity index (χ1n) is 10.2. The number of rotatable bonds is 6. The first kappa shape index (κ1) is 20.6. The van der Waals surface area contributed by atoms with Gasteiger partial charge in [0, 0.05) is 23.0 Å². The average molecular weight is 425 g/mol. The Morgan fingerprint density at radius 3 is 2.77 bits per heavy atom. The second-order valence-corrected chi connectivity index (χ2v) is 8.22. The number of amides is 1. The second kappa shape index (κ2) is 9.41. The van der Waals surface area contributed by atoms with Crippen LogP contribution in [0.3, 0.4) is 0 Å². The summed E-state index contributed by atoms with van der Waals surface area (Å²) in [5.41, 5.74) is 3.24. The van der Waals surface area contributed by atoms with Crippen molar-refractivity contribution >= 4 is 17.5 Å². The van der Waals surface area contributed by atoms with Gasteiger partial charge in [0.1, 0.15) is 0 Å². The fourth-order valence-corrected chi connectivity index (χ4v) is 3.99. The molecule has 1 aliphatic rings. The summed E-state index contributed by atoms with van der Waals surface area (Å²) < 4.78 is 5.29. The summed E-state index contributed by atoms with van der Waals surface area (Å²) in [5.74, 6) is 1.02. The molecule has 1 saturated heterocycles. The Balaban J connectivity index is 1.24. The highest BCUT2D eigenvalue weighted by Crippen LogP contribution is 2.21. The normalized spacial score (nSPS) is 15.3. The Kier molecular flexibility index (Phi) is 6.45. The molecule has 2 aromatic carbocycles. The van der Waals surface area contributed by atoms with Crippen molar-refractivity contribution in [3.8, 4) is 11.4 Å². The van der Waals surface area contributed by atoms with Gasteiger partial charge in [0.15, 0.2) is 0 Å². The van der Waals surface area contributed by atoms with Crippen LogP contribution in [0.1, 0.15) is 29.9 Å². The highest BCUT2D eigenvalue weighted by molar-refractivity contribution is 6.30. The Bertz CT molecular complexity index is 1010. The summed E-state index contributed by atoms with van der Waals surface area (Å²) >= 11 is 6.07. The Labute approximate surface area is 181 Å². The minimum Gasteiger partial charge on any atom is -0.347 e. The summed E-state index contributed by atoms with van der Waals surface area (Å²) in [7, 11) is 0. The molecule has 4 rings (SSSR count). The SMILES string of the molecule is Cc1cccc(-c2noc(CNC(=O)C3CCN(Cc4cccc(Cl)c4)CC3)n2)c1. The largest absolute Gasteiger partial charge is 0.347 e. The van der Waals surface area contributed by atoms with Gasteiger partial charge in [0.05, 0.1) is 6.54 Å². The fourth-order valence-electron chi connectivity index (χ4n) is 3.78. The molecule has 30 heavy (non-hydrogen) atoms. The number of carbonyl (C=O) groups is 1. The molecule has 156 valence electrons. The molecule has 3 aromatic rings. The lowest BCUT2D eigenvalue weighted by Gasteiger charge is -2.31. The van der Waals surface area contributed by atoms with E-state index in [0.717, 1.165) is 48.6 Å². The van der Waals surface area contributed by atoms with E-state index in [1.165, 1.54) is 5.56 Å². The van der Waals surface area contributed by atoms with Crippen LogP contribution in [0.2, 0.25) is 5.02 Å². The van der Waals surface area contributed by atoms with Crippen LogP contribution in [0.4, 0.5) is 0 Å². The van der Waals surface area contributed by atoms with Crippen molar-refractivity contribution in [2.24, 2.45) is 5.92 Å². The average Bonchev–Trinajstić information content (AvgIpc) is 3.22. The van der Waals surface area contributed by atoms with E-state index in [1.54, 1.807) is 0 Å². The van der Waals surface area contributed by atoms with E-state index in [1.807, 2.05) is 49.4 Å². The molecule has 0 unspecified atom stereocenters. The highest BCUT2D eigenvalue weighted by atomic mass is 35.5. The summed E-state index contributed by atoms with van der Waals surface area (Å²) in [6, 6.07) is 15.9. The maximum absolute atomic E-state index is 12.6. The third kappa shape index (κ3) is 5.26. The van der Waals surface area contributed by atoms with Crippen molar-refractivity contribution in [2.45, 2.75) is 32.9 Å². The molecule has 0 atom stereocenters. The maximum atomic E-state index is 12.6. The zero-order chi connectivity index (χ0) is 20.9. The predicted octanol–water partition coefficient (Wildman–Crippen LogP) is 4.23. The molecule has 7 heteroatoms. The molecule has 1 fully saturated rings. The molecule has 2 heterocycles. The summed E-state index contributed by atoms with van der Waals surface area (Å²) in [4.78, 5) is 19.3. The van der Waals surface area contributed by atoms with Crippen LogP contribution in [-0.2, 0) is 17.9 Å². The van der Waals surface area contributed by atoms with Gasteiger partial charge in [-0.2, -0.15) is 4.98 Å². The van der Waals surface area contributed by atoms with Crippen molar-refractivity contribution in [2.75, 3.05) is 13.1 Å². The molecule has 0 bridgehead atoms. The topological polar surface area (TPSA) is 71.3 Å². The van der Waals surface area contributed by atoms with Crippen molar-refractivity contribution in [3.05, 3.63) is 70.6 Å². The fraction of sp³-hybridized carbons (Fsp3) is 0.348. The van der Waals surface area contributed by atoms with Gasteiger partial charge >= 0.3 is 0 Å². The highest BCUT2D eigenvalue weighted by Gasteiger charge is 2.25. The number of carbonyl (C=O) groups excluding carboxylic acids is 1. The Morgan fingerprint density at radius 2 is 2.00 bits per heavy atom. The molecule has 1 amide bonds. The van der Waals surface area contributed by atoms with Gasteiger partial charge in [-0.05, 0) is 56.6 Å². The molecule has 1 aromatic heterocycles. The van der Waals surface area contributed by atoms with Gasteiger partial charge in [0.25, 0.3) is 0 Å². The minimum absolute atomic E-state index is 0.0137. The predicted molar refractivity (Wildman–Crippen MR) is 116 cm³/mol. The lowest BCUT2D eigenvalue weighted by Crippen LogP contribution is -2.40. The second-order valence-electron chi connectivity index (χ2n) is 7.78. The third-order valence-electron chi connectivity index (χ3n) is 5.41. The molecular formula is C23H25ClN4O2. The van der Waals surface area contributed by atoms with Crippen LogP contribution in [0.25, 0.3) is 11.4 Å². The molecule has 1 N–H and O–H groups in total. The third-order valence-corrected chi connectivity index (χ3v) is 5.65. The van der Waals surface area contributed by atoms with E-state index < -0.39 is 0 Å². The Hall–Kier alpha value is -2.70. The monoisotopic (exact) mass is 424 g/mol. The number of likely N-dealkylation sites (tertiary alicyclic amines) is 1. The van der Waals surface area contributed by atoms with Crippen LogP contribution >= 0.6 is 11.6 Å². The smallest absolute Gasteiger partial charge is 0.246 e. The first-order valence-corrected chi connectivity index (χ1v) is 10.6. The van der Waals surface area contributed by atoms with Gasteiger partial charge in [-0.15, -0.1) is 0 Å². The van der Waals surface area contributed by atoms with E-state index in [4.69, 9.17) is 16.1 Å². The molecule has 0 saturated carbocycles. The van der Waals surface area contributed by atoms with Crippen molar-refractivity contribution in [1.29, 1.82) is 0 Å². The number of benzene rings is 2. The number of aromatic nitrogens is 2. The van der Waals surface area contributed by atoms with Crippen molar-refractivity contribution < 1.29 is 9.32 Å². The molecule has 1 aliphatic heterocycles. The van der Waals surface area contributed by atoms with Crippen LogP contribution < -0.4 is 5.32 Å². The summed E-state index contributed by atoms with van der Waals surface area (Å²) in [5, 5.41) is 7.72. The van der Waals surface area contributed by atoms with E-state index in [2.05, 4.69) is 26.4 Å². The number of aryl methyl sites for hydroxylation is 1. The van der Waals surface area contributed by atoms with Gasteiger partial charge in [-0.25, -0.2) is 0 Å². The van der Waals surface area contributed by atoms with E-state index >= 15 is 0 Å². The number of nitrogens with one attached hydrogen (secondary N) is 1. The molecule has 0 spiro atoms. The number of hydrogen-bond donors (Lipinski definition) is 1. The minimum atomic E-state index is 0.0137. The molecule has 6 nitrogen and oxygen atoms in total. The zero-order valence-corrected chi connectivity index (χ0v) is 17.7. The number of halogens is 1. The number of hydrogen-bond acceptors (Lipinski definition) is 5. The van der Waals surface area contributed by atoms with Crippen LogP contribution in [-0.4, -0.2) is 34.0 Å². The van der Waals surface area contributed by atoms with Crippen LogP contribution in [0, 0.1) is 12.8 Å². The van der Waals surface area contributed by atoms with Gasteiger partial charge in [-0.1, -0.05) is 52.7 Å². The molecular weight excluding hydrogens is 400 g/mol. The standard InChI is InChI=1S/C23H25ClN4O2/c1-16-4-2-6-19(12-16)22-26-21(30-27-22)14-25-23(29)18-8-10-28(11-9-18)15-17-5-3-7-20(24)13-17/h2-7,12-13,18H,8-11,14-15H2,1H3,(H,25,29). The van der Waals surface area contributed by atoms with Crippen LogP contribution in [0.15, 0.2) is 53.1 Å². The van der Waals surface area contributed by atoms with Crippen LogP contribution in [0.5, 0.6) is 0 Å². The summed E-state index contributed by atoms with van der Waals surface area (Å²) in [6.45, 7) is 4.91. The lowest BCUT2D eigenvalue weighted by molar-refractivity contribution is -0.126. The number of nitrogens with zero attached hydrogens (tertiary/aromatic N) is 3. The maximum Gasteiger partial charge on any atom is 0.246 e. The molecule has 0 radical (unpaired) electrons. The summed E-state index contributed by atoms with van der Waals surface area (Å²) in [6.07, 6.45) is 1.68. The zero-order valence-electron chi connectivity index (χ0n) is 17.0. The first-order chi connectivity index (χ1) is 14.6. The van der Waals surface area contributed by atoms with Crippen molar-refractivity contribution in [1.82, 2.24) is 20.4 Å². The lowest BCUT2D eigenvalue weighted by atomic mass is 9.95.